The molecule has 136 valence electrons. The van der Waals surface area contributed by atoms with E-state index in [2.05, 4.69) is 4.72 Å². The van der Waals surface area contributed by atoms with E-state index in [4.69, 9.17) is 0 Å². The van der Waals surface area contributed by atoms with E-state index in [0.717, 1.165) is 19.3 Å². The average Bonchev–Trinajstić information content (AvgIpc) is 3.12. The summed E-state index contributed by atoms with van der Waals surface area (Å²) < 4.78 is 28.2. The van der Waals surface area contributed by atoms with Crippen LogP contribution < -0.4 is 4.72 Å². The van der Waals surface area contributed by atoms with Crippen LogP contribution in [0.5, 0.6) is 0 Å². The van der Waals surface area contributed by atoms with Crippen molar-refractivity contribution in [2.75, 3.05) is 24.7 Å². The number of rotatable bonds is 4. The summed E-state index contributed by atoms with van der Waals surface area (Å²) in [6.07, 6.45) is 2.60. The fourth-order valence-corrected chi connectivity index (χ4v) is 5.38. The van der Waals surface area contributed by atoms with Gasteiger partial charge in [-0.1, -0.05) is 24.6 Å². The summed E-state index contributed by atoms with van der Waals surface area (Å²) in [6.45, 7) is 0.851. The van der Waals surface area contributed by atoms with Crippen molar-refractivity contribution in [2.45, 2.75) is 25.3 Å². The molecule has 0 radical (unpaired) electrons. The molecule has 2 amide bonds. The second kappa shape index (κ2) is 7.76. The fraction of sp³-hybridized carbons (Fsp3) is 0.500. The Morgan fingerprint density at radius 1 is 1.08 bits per heavy atom. The quantitative estimate of drug-likeness (QED) is 0.840. The van der Waals surface area contributed by atoms with Gasteiger partial charge in [0.25, 0.3) is 11.8 Å². The van der Waals surface area contributed by atoms with E-state index in [1.807, 2.05) is 6.07 Å². The second-order valence-electron chi connectivity index (χ2n) is 6.09. The van der Waals surface area contributed by atoms with Crippen molar-refractivity contribution in [3.8, 4) is 0 Å². The van der Waals surface area contributed by atoms with E-state index in [1.54, 1.807) is 24.3 Å². The summed E-state index contributed by atoms with van der Waals surface area (Å²) >= 11 is 1.44. The Kier molecular flexibility index (Phi) is 5.65. The van der Waals surface area contributed by atoms with Gasteiger partial charge in [-0.25, -0.2) is 4.72 Å². The number of nitrogens with one attached hydrogen (secondary N) is 1. The lowest BCUT2D eigenvalue weighted by atomic mass is 10.2. The molecule has 0 saturated carbocycles. The molecule has 0 unspecified atom stereocenters. The molecule has 0 bridgehead atoms. The molecule has 2 aliphatic heterocycles. The molecule has 1 N–H and O–H groups in total. The summed E-state index contributed by atoms with van der Waals surface area (Å²) in [4.78, 5) is 26.6. The van der Waals surface area contributed by atoms with Crippen LogP contribution in [0.4, 0.5) is 0 Å². The molecule has 2 saturated heterocycles. The van der Waals surface area contributed by atoms with E-state index in [0.29, 0.717) is 30.3 Å². The monoisotopic (exact) mass is 383 g/mol. The summed E-state index contributed by atoms with van der Waals surface area (Å²) in [7, 11) is -3.85. The van der Waals surface area contributed by atoms with E-state index >= 15 is 0 Å². The molecule has 2 fully saturated rings. The Balaban J connectivity index is 1.69. The molecule has 0 spiro atoms. The van der Waals surface area contributed by atoms with Crippen LogP contribution in [0, 0.1) is 0 Å². The van der Waals surface area contributed by atoms with Gasteiger partial charge in [-0.3, -0.25) is 9.59 Å². The van der Waals surface area contributed by atoms with Crippen LogP contribution in [0.15, 0.2) is 30.3 Å². The average molecular weight is 383 g/mol. The van der Waals surface area contributed by atoms with Crippen LogP contribution in [-0.4, -0.2) is 60.2 Å². The van der Waals surface area contributed by atoms with E-state index < -0.39 is 22.2 Å². The van der Waals surface area contributed by atoms with Gasteiger partial charge in [0.1, 0.15) is 6.04 Å². The number of amides is 2. The predicted molar refractivity (Wildman–Crippen MR) is 96.2 cm³/mol. The van der Waals surface area contributed by atoms with Crippen LogP contribution >= 0.6 is 11.8 Å². The highest BCUT2D eigenvalue weighted by Crippen LogP contribution is 2.24. The van der Waals surface area contributed by atoms with Gasteiger partial charge in [0.05, 0.1) is 5.88 Å². The van der Waals surface area contributed by atoms with Crippen molar-refractivity contribution in [1.82, 2.24) is 13.9 Å². The van der Waals surface area contributed by atoms with Crippen LogP contribution in [0.25, 0.3) is 0 Å². The third-order valence-electron chi connectivity index (χ3n) is 4.35. The summed E-state index contributed by atoms with van der Waals surface area (Å²) in [5.41, 5.74) is 0.488. The molecule has 1 atom stereocenters. The van der Waals surface area contributed by atoms with Gasteiger partial charge in [-0.05, 0) is 25.0 Å². The minimum atomic E-state index is -3.85. The normalized spacial score (nSPS) is 21.9. The highest BCUT2D eigenvalue weighted by molar-refractivity contribution is 7.99. The van der Waals surface area contributed by atoms with Crippen LogP contribution in [-0.2, 0) is 15.0 Å². The highest BCUT2D eigenvalue weighted by atomic mass is 32.2. The van der Waals surface area contributed by atoms with Gasteiger partial charge >= 0.3 is 10.2 Å². The lowest BCUT2D eigenvalue weighted by Gasteiger charge is -2.28. The number of hydrogen-bond donors (Lipinski definition) is 1. The number of piperidine rings is 1. The number of thioether (sulfide) groups is 1. The van der Waals surface area contributed by atoms with Gasteiger partial charge in [0.2, 0.25) is 0 Å². The Morgan fingerprint density at radius 2 is 1.76 bits per heavy atom. The van der Waals surface area contributed by atoms with Crippen LogP contribution in [0.2, 0.25) is 0 Å². The van der Waals surface area contributed by atoms with Gasteiger partial charge in [0, 0.05) is 24.4 Å². The molecule has 1 aromatic carbocycles. The third-order valence-corrected chi connectivity index (χ3v) is 6.87. The molecular weight excluding hydrogens is 362 g/mol. The van der Waals surface area contributed by atoms with E-state index in [-0.39, 0.29) is 5.91 Å². The first-order chi connectivity index (χ1) is 12.0. The molecule has 2 aliphatic rings. The molecule has 2 heterocycles. The number of carbonyl (C=O) groups is 2. The third kappa shape index (κ3) is 4.16. The first kappa shape index (κ1) is 18.2. The Bertz CT molecular complexity index is 733. The molecule has 25 heavy (non-hydrogen) atoms. The number of hydrogen-bond acceptors (Lipinski definition) is 5. The minimum Gasteiger partial charge on any atom is -0.316 e. The van der Waals surface area contributed by atoms with Crippen LogP contribution in [0.3, 0.4) is 0 Å². The topological polar surface area (TPSA) is 86.8 Å². The maximum atomic E-state index is 12.6. The van der Waals surface area contributed by atoms with Gasteiger partial charge in [0.15, 0.2) is 0 Å². The maximum Gasteiger partial charge on any atom is 0.303 e. The zero-order valence-electron chi connectivity index (χ0n) is 13.8. The minimum absolute atomic E-state index is 0.263. The summed E-state index contributed by atoms with van der Waals surface area (Å²) in [5.74, 6) is -0.142. The van der Waals surface area contributed by atoms with Crippen molar-refractivity contribution < 1.29 is 18.0 Å². The number of benzene rings is 1. The number of carbonyl (C=O) groups excluding carboxylic acids is 2. The van der Waals surface area contributed by atoms with Gasteiger partial charge < -0.3 is 4.90 Å². The predicted octanol–water partition coefficient (Wildman–Crippen LogP) is 1.05. The van der Waals surface area contributed by atoms with Gasteiger partial charge in [-0.15, -0.1) is 11.8 Å². The molecule has 0 aromatic heterocycles. The number of nitrogens with zero attached hydrogens (tertiary/aromatic N) is 2. The zero-order valence-corrected chi connectivity index (χ0v) is 15.4. The first-order valence-corrected chi connectivity index (χ1v) is 10.8. The lowest BCUT2D eigenvalue weighted by Crippen LogP contribution is -2.52. The highest BCUT2D eigenvalue weighted by Gasteiger charge is 2.37. The molecule has 0 aliphatic carbocycles. The van der Waals surface area contributed by atoms with Gasteiger partial charge in [-0.2, -0.15) is 12.7 Å². The SMILES string of the molecule is O=C(NS(=O)(=O)N1CCCCC1)[C@@H]1CSCN1C(=O)c1ccccc1. The standard InChI is InChI=1S/C16H21N3O4S2/c20-15(17-25(22,23)18-9-5-2-6-10-18)14-11-24-12-19(14)16(21)13-7-3-1-4-8-13/h1,3-4,7-8,14H,2,5-6,9-12H2,(H,17,20)/t14-/m0/s1. The molecular formula is C16H21N3O4S2. The molecule has 1 aromatic rings. The first-order valence-electron chi connectivity index (χ1n) is 8.24. The summed E-state index contributed by atoms with van der Waals surface area (Å²) in [5, 5.41) is 0. The second-order valence-corrected chi connectivity index (χ2v) is 8.76. The summed E-state index contributed by atoms with van der Waals surface area (Å²) in [6, 6.07) is 7.91. The largest absolute Gasteiger partial charge is 0.316 e. The van der Waals surface area contributed by atoms with Crippen molar-refractivity contribution in [1.29, 1.82) is 0 Å². The lowest BCUT2D eigenvalue weighted by molar-refractivity contribution is -0.122. The smallest absolute Gasteiger partial charge is 0.303 e. The maximum absolute atomic E-state index is 12.6. The molecule has 7 nitrogen and oxygen atoms in total. The molecule has 3 rings (SSSR count). The van der Waals surface area contributed by atoms with Crippen LogP contribution in [0.1, 0.15) is 29.6 Å². The van der Waals surface area contributed by atoms with Crippen molar-refractivity contribution >= 4 is 33.8 Å². The Morgan fingerprint density at radius 3 is 2.44 bits per heavy atom. The van der Waals surface area contributed by atoms with E-state index in [9.17, 15) is 18.0 Å². The zero-order chi connectivity index (χ0) is 17.9. The Hall–Kier alpha value is -1.58. The van der Waals surface area contributed by atoms with E-state index in [1.165, 1.54) is 21.0 Å². The molecule has 9 heteroatoms. The van der Waals surface area contributed by atoms with Crippen molar-refractivity contribution in [3.63, 3.8) is 0 Å². The van der Waals surface area contributed by atoms with Crippen molar-refractivity contribution in [3.05, 3.63) is 35.9 Å². The van der Waals surface area contributed by atoms with Crippen molar-refractivity contribution in [2.24, 2.45) is 0 Å². The fourth-order valence-electron chi connectivity index (χ4n) is 2.97. The Labute approximate surface area is 151 Å².